The molecule has 0 saturated carbocycles. The number of ether oxygens (including phenoxy) is 1. The van der Waals surface area contributed by atoms with E-state index < -0.39 is 17.7 Å². The van der Waals surface area contributed by atoms with Gasteiger partial charge in [-0.2, -0.15) is 0 Å². The van der Waals surface area contributed by atoms with Gasteiger partial charge in [0.25, 0.3) is 0 Å². The van der Waals surface area contributed by atoms with Gasteiger partial charge in [-0.3, -0.25) is 14.4 Å². The van der Waals surface area contributed by atoms with Crippen LogP contribution in [0.15, 0.2) is 48.5 Å². The Bertz CT molecular complexity index is 742. The van der Waals surface area contributed by atoms with Gasteiger partial charge in [-0.05, 0) is 13.8 Å². The lowest BCUT2D eigenvalue weighted by atomic mass is 9.90. The molecule has 0 amide bonds. The molecule has 0 N–H and O–H groups in total. The number of carbonyl (C=O) groups excluding carboxylic acids is 3. The Hall–Kier alpha value is -2.75. The Morgan fingerprint density at radius 2 is 1.29 bits per heavy atom. The Balaban J connectivity index is 2.23. The number of hydrogen-bond acceptors (Lipinski definition) is 4. The number of aryl methyl sites for hydroxylation is 2. The van der Waals surface area contributed by atoms with Gasteiger partial charge in [0.2, 0.25) is 0 Å². The normalized spacial score (nSPS) is 11.6. The van der Waals surface area contributed by atoms with Gasteiger partial charge in [0.15, 0.2) is 11.6 Å². The fourth-order valence-electron chi connectivity index (χ4n) is 2.39. The minimum Gasteiger partial charge on any atom is -0.468 e. The predicted octanol–water partition coefficient (Wildman–Crippen LogP) is 3.55. The first-order valence-electron chi connectivity index (χ1n) is 7.71. The number of benzene rings is 2. The van der Waals surface area contributed by atoms with Crippen molar-refractivity contribution in [1.29, 1.82) is 0 Å². The molecule has 2 aromatic carbocycles. The van der Waals surface area contributed by atoms with Gasteiger partial charge in [0.1, 0.15) is 5.92 Å². The molecule has 0 fully saturated rings. The summed E-state index contributed by atoms with van der Waals surface area (Å²) in [5, 5.41) is 0. The highest BCUT2D eigenvalue weighted by molar-refractivity contribution is 6.12. The number of esters is 1. The largest absolute Gasteiger partial charge is 0.468 e. The van der Waals surface area contributed by atoms with E-state index in [1.165, 1.54) is 7.11 Å². The molecule has 4 heteroatoms. The number of rotatable bonds is 6. The van der Waals surface area contributed by atoms with E-state index in [0.29, 0.717) is 11.1 Å². The van der Waals surface area contributed by atoms with Gasteiger partial charge in [-0.1, -0.05) is 59.7 Å². The second-order valence-electron chi connectivity index (χ2n) is 5.80. The number of hydrogen-bond donors (Lipinski definition) is 0. The van der Waals surface area contributed by atoms with Crippen molar-refractivity contribution in [2.75, 3.05) is 7.11 Å². The van der Waals surface area contributed by atoms with Crippen molar-refractivity contribution in [3.63, 3.8) is 0 Å². The van der Waals surface area contributed by atoms with Crippen LogP contribution >= 0.6 is 0 Å². The molecule has 0 aliphatic rings. The molecule has 0 spiro atoms. The highest BCUT2D eigenvalue weighted by Crippen LogP contribution is 2.18. The lowest BCUT2D eigenvalue weighted by Crippen LogP contribution is -2.28. The van der Waals surface area contributed by atoms with Crippen molar-refractivity contribution in [2.24, 2.45) is 5.92 Å². The van der Waals surface area contributed by atoms with Gasteiger partial charge in [0.05, 0.1) is 7.11 Å². The van der Waals surface area contributed by atoms with Crippen LogP contribution in [0.25, 0.3) is 0 Å². The minimum absolute atomic E-state index is 0.206. The first-order chi connectivity index (χ1) is 11.4. The Morgan fingerprint density at radius 1 is 0.833 bits per heavy atom. The second-order valence-corrected chi connectivity index (χ2v) is 5.80. The number of methoxy groups -OCH3 is 1. The molecule has 0 aliphatic carbocycles. The molecule has 24 heavy (non-hydrogen) atoms. The molecule has 1 atom stereocenters. The minimum atomic E-state index is -1.13. The summed E-state index contributed by atoms with van der Waals surface area (Å²) in [5.41, 5.74) is 2.92. The molecule has 0 radical (unpaired) electrons. The average Bonchev–Trinajstić information content (AvgIpc) is 2.59. The van der Waals surface area contributed by atoms with Crippen LogP contribution in [0.4, 0.5) is 0 Å². The lowest BCUT2D eigenvalue weighted by Gasteiger charge is -2.13. The van der Waals surface area contributed by atoms with Gasteiger partial charge in [-0.25, -0.2) is 0 Å². The number of ketones is 2. The smallest absolute Gasteiger partial charge is 0.317 e. The van der Waals surface area contributed by atoms with Crippen LogP contribution in [0.3, 0.4) is 0 Å². The maximum absolute atomic E-state index is 12.6. The van der Waals surface area contributed by atoms with Crippen molar-refractivity contribution in [3.05, 3.63) is 70.8 Å². The Kier molecular flexibility index (Phi) is 5.64. The van der Waals surface area contributed by atoms with E-state index in [1.807, 2.05) is 26.0 Å². The summed E-state index contributed by atoms with van der Waals surface area (Å²) in [5.74, 6) is -2.49. The maximum Gasteiger partial charge on any atom is 0.317 e. The molecule has 1 unspecified atom stereocenters. The van der Waals surface area contributed by atoms with Gasteiger partial charge in [0, 0.05) is 17.5 Å². The average molecular weight is 324 g/mol. The van der Waals surface area contributed by atoms with Crippen molar-refractivity contribution in [1.82, 2.24) is 0 Å². The predicted molar refractivity (Wildman–Crippen MR) is 91.1 cm³/mol. The Labute approximate surface area is 141 Å². The summed E-state index contributed by atoms with van der Waals surface area (Å²) in [6.07, 6.45) is -0.206. The van der Waals surface area contributed by atoms with E-state index in [9.17, 15) is 14.4 Å². The van der Waals surface area contributed by atoms with E-state index in [2.05, 4.69) is 0 Å². The second kappa shape index (κ2) is 7.68. The van der Waals surface area contributed by atoms with Crippen molar-refractivity contribution in [2.45, 2.75) is 20.3 Å². The number of Topliss-reactive ketones (excluding diaryl/α,β-unsaturated/α-hetero) is 2. The highest BCUT2D eigenvalue weighted by Gasteiger charge is 2.31. The maximum atomic E-state index is 12.6. The van der Waals surface area contributed by atoms with E-state index in [-0.39, 0.29) is 12.2 Å². The summed E-state index contributed by atoms with van der Waals surface area (Å²) >= 11 is 0. The molecule has 0 bridgehead atoms. The summed E-state index contributed by atoms with van der Waals surface area (Å²) in [6.45, 7) is 3.83. The van der Waals surface area contributed by atoms with Gasteiger partial charge >= 0.3 is 5.97 Å². The summed E-state index contributed by atoms with van der Waals surface area (Å²) < 4.78 is 4.72. The van der Waals surface area contributed by atoms with Crippen LogP contribution in [-0.2, 0) is 9.53 Å². The molecule has 2 rings (SSSR count). The molecule has 124 valence electrons. The van der Waals surface area contributed by atoms with Crippen LogP contribution in [0, 0.1) is 19.8 Å². The molecular formula is C20H20O4. The van der Waals surface area contributed by atoms with Crippen LogP contribution < -0.4 is 0 Å². The van der Waals surface area contributed by atoms with Gasteiger partial charge in [-0.15, -0.1) is 0 Å². The van der Waals surface area contributed by atoms with E-state index in [4.69, 9.17) is 4.74 Å². The number of carbonyl (C=O) groups is 3. The molecule has 0 saturated heterocycles. The summed E-state index contributed by atoms with van der Waals surface area (Å²) in [6, 6.07) is 13.9. The molecule has 4 nitrogen and oxygen atoms in total. The topological polar surface area (TPSA) is 60.4 Å². The first kappa shape index (κ1) is 17.6. The first-order valence-corrected chi connectivity index (χ1v) is 7.71. The zero-order valence-electron chi connectivity index (χ0n) is 14.0. The quantitative estimate of drug-likeness (QED) is 0.463. The molecule has 2 aromatic rings. The zero-order chi connectivity index (χ0) is 17.7. The molecule has 0 aromatic heterocycles. The van der Waals surface area contributed by atoms with Crippen molar-refractivity contribution < 1.29 is 19.1 Å². The third kappa shape index (κ3) is 4.16. The lowest BCUT2D eigenvalue weighted by molar-refractivity contribution is -0.143. The molecule has 0 aliphatic heterocycles. The Morgan fingerprint density at radius 3 is 1.75 bits per heavy atom. The van der Waals surface area contributed by atoms with Crippen LogP contribution in [-0.4, -0.2) is 24.6 Å². The molecular weight excluding hydrogens is 304 g/mol. The SMILES string of the molecule is COC(=O)C(CC(=O)c1ccc(C)cc1)C(=O)c1ccc(C)cc1. The van der Waals surface area contributed by atoms with Crippen LogP contribution in [0.5, 0.6) is 0 Å². The third-order valence-corrected chi connectivity index (χ3v) is 3.90. The van der Waals surface area contributed by atoms with E-state index >= 15 is 0 Å². The fourth-order valence-corrected chi connectivity index (χ4v) is 2.39. The van der Waals surface area contributed by atoms with Crippen molar-refractivity contribution >= 4 is 17.5 Å². The highest BCUT2D eigenvalue weighted by atomic mass is 16.5. The van der Waals surface area contributed by atoms with Gasteiger partial charge < -0.3 is 4.74 Å². The fraction of sp³-hybridized carbons (Fsp3) is 0.250. The van der Waals surface area contributed by atoms with E-state index in [1.54, 1.807) is 36.4 Å². The van der Waals surface area contributed by atoms with Crippen molar-refractivity contribution in [3.8, 4) is 0 Å². The van der Waals surface area contributed by atoms with Crippen LogP contribution in [0.1, 0.15) is 38.3 Å². The standard InChI is InChI=1S/C20H20O4/c1-13-4-8-15(9-5-13)18(21)12-17(20(23)24-3)19(22)16-10-6-14(2)7-11-16/h4-11,17H,12H2,1-3H3. The zero-order valence-corrected chi connectivity index (χ0v) is 14.0. The summed E-state index contributed by atoms with van der Waals surface area (Å²) in [4.78, 5) is 37.1. The monoisotopic (exact) mass is 324 g/mol. The third-order valence-electron chi connectivity index (χ3n) is 3.90. The summed E-state index contributed by atoms with van der Waals surface area (Å²) in [7, 11) is 1.22. The van der Waals surface area contributed by atoms with Crippen LogP contribution in [0.2, 0.25) is 0 Å². The van der Waals surface area contributed by atoms with E-state index in [0.717, 1.165) is 11.1 Å². The molecule has 0 heterocycles.